The van der Waals surface area contributed by atoms with Crippen LogP contribution in [0.3, 0.4) is 0 Å². The molecule has 1 saturated carbocycles. The summed E-state index contributed by atoms with van der Waals surface area (Å²) in [6.07, 6.45) is 2.59. The summed E-state index contributed by atoms with van der Waals surface area (Å²) in [5.41, 5.74) is 2.49. The number of amides is 1. The fourth-order valence-corrected chi connectivity index (χ4v) is 2.97. The minimum atomic E-state index is -0.0621. The fourth-order valence-electron chi connectivity index (χ4n) is 1.81. The van der Waals surface area contributed by atoms with Gasteiger partial charge in [-0.2, -0.15) is 0 Å². The van der Waals surface area contributed by atoms with Crippen LogP contribution in [0, 0.1) is 5.92 Å². The van der Waals surface area contributed by atoms with Crippen LogP contribution in [0.4, 0.5) is 5.69 Å². The number of anilines is 1. The van der Waals surface area contributed by atoms with Gasteiger partial charge in [0, 0.05) is 0 Å². The van der Waals surface area contributed by atoms with Crippen LogP contribution in [0.1, 0.15) is 12.8 Å². The number of rotatable bonds is 5. The first-order valence-electron chi connectivity index (χ1n) is 6.05. The zero-order valence-electron chi connectivity index (χ0n) is 9.85. The van der Waals surface area contributed by atoms with Crippen LogP contribution in [-0.2, 0) is 4.79 Å². The Morgan fingerprint density at radius 3 is 3.11 bits per heavy atom. The average Bonchev–Trinajstić information content (AvgIpc) is 3.05. The van der Waals surface area contributed by atoms with Crippen molar-refractivity contribution in [2.75, 3.05) is 18.4 Å². The summed E-state index contributed by atoms with van der Waals surface area (Å²) in [5, 5.41) is 6.06. The molecule has 1 fully saturated rings. The average molecular weight is 309 g/mol. The molecule has 94 valence electrons. The van der Waals surface area contributed by atoms with Gasteiger partial charge >= 0.3 is 111 Å². The molecule has 1 heterocycles. The van der Waals surface area contributed by atoms with Crippen molar-refractivity contribution < 1.29 is 4.79 Å². The molecule has 0 atom stereocenters. The van der Waals surface area contributed by atoms with Crippen molar-refractivity contribution in [2.45, 2.75) is 12.8 Å². The zero-order chi connectivity index (χ0) is 12.4. The third-order valence-electron chi connectivity index (χ3n) is 2.98. The standard InChI is InChI=1S/C12H14N4OSe/c17-11(7-13-6-8-4-5-8)14-9-2-1-3-10-12(9)16-18-15-10/h1-3,8,13H,4-7H2,(H,14,17). The van der Waals surface area contributed by atoms with Crippen LogP contribution in [0.25, 0.3) is 11.0 Å². The number of fused-ring (bicyclic) bond motifs is 1. The Hall–Kier alpha value is -1.23. The van der Waals surface area contributed by atoms with Gasteiger partial charge in [0.25, 0.3) is 0 Å². The second-order valence-corrected chi connectivity index (χ2v) is 5.67. The van der Waals surface area contributed by atoms with E-state index in [1.165, 1.54) is 12.8 Å². The van der Waals surface area contributed by atoms with Crippen molar-refractivity contribution in [1.82, 2.24) is 13.3 Å². The maximum absolute atomic E-state index is 11.8. The molecule has 1 aliphatic carbocycles. The van der Waals surface area contributed by atoms with E-state index in [-0.39, 0.29) is 20.9 Å². The molecule has 18 heavy (non-hydrogen) atoms. The molecule has 1 aromatic carbocycles. The Morgan fingerprint density at radius 1 is 1.39 bits per heavy atom. The van der Waals surface area contributed by atoms with Gasteiger partial charge in [-0.15, -0.1) is 0 Å². The van der Waals surface area contributed by atoms with E-state index >= 15 is 0 Å². The van der Waals surface area contributed by atoms with E-state index in [4.69, 9.17) is 0 Å². The summed E-state index contributed by atoms with van der Waals surface area (Å²) < 4.78 is 8.62. The molecule has 1 aliphatic rings. The fraction of sp³-hybridized carbons (Fsp3) is 0.417. The van der Waals surface area contributed by atoms with Gasteiger partial charge in [0.05, 0.1) is 0 Å². The van der Waals surface area contributed by atoms with Crippen LogP contribution < -0.4 is 10.6 Å². The quantitative estimate of drug-likeness (QED) is 0.795. The van der Waals surface area contributed by atoms with Gasteiger partial charge in [0.15, 0.2) is 0 Å². The number of nitrogens with one attached hydrogen (secondary N) is 2. The van der Waals surface area contributed by atoms with E-state index in [1.807, 2.05) is 18.2 Å². The van der Waals surface area contributed by atoms with E-state index < -0.39 is 0 Å². The second kappa shape index (κ2) is 5.18. The molecule has 0 bridgehead atoms. The molecule has 6 heteroatoms. The predicted molar refractivity (Wildman–Crippen MR) is 70.7 cm³/mol. The van der Waals surface area contributed by atoms with E-state index in [1.54, 1.807) is 0 Å². The third kappa shape index (κ3) is 2.77. The first kappa shape index (κ1) is 11.8. The van der Waals surface area contributed by atoms with E-state index in [0.29, 0.717) is 6.54 Å². The number of nitrogens with zero attached hydrogens (tertiary/aromatic N) is 2. The molecule has 0 saturated heterocycles. The number of hydrogen-bond donors (Lipinski definition) is 2. The molecule has 0 unspecified atom stereocenters. The van der Waals surface area contributed by atoms with Crippen molar-refractivity contribution in [3.05, 3.63) is 18.2 Å². The Kier molecular flexibility index (Phi) is 3.41. The van der Waals surface area contributed by atoms with Gasteiger partial charge in [-0.05, 0) is 0 Å². The third-order valence-corrected chi connectivity index (χ3v) is 4.11. The molecule has 0 aliphatic heterocycles. The van der Waals surface area contributed by atoms with Crippen molar-refractivity contribution in [3.8, 4) is 0 Å². The van der Waals surface area contributed by atoms with Crippen LogP contribution in [0.5, 0.6) is 0 Å². The van der Waals surface area contributed by atoms with Crippen LogP contribution in [0.15, 0.2) is 18.2 Å². The van der Waals surface area contributed by atoms with Gasteiger partial charge in [0.2, 0.25) is 0 Å². The van der Waals surface area contributed by atoms with Crippen molar-refractivity contribution in [2.24, 2.45) is 5.92 Å². The summed E-state index contributed by atoms with van der Waals surface area (Å²) in [5.74, 6) is 0.772. The molecule has 3 rings (SSSR count). The Morgan fingerprint density at radius 2 is 2.28 bits per heavy atom. The van der Waals surface area contributed by atoms with E-state index in [9.17, 15) is 4.79 Å². The molecule has 0 radical (unpaired) electrons. The molecule has 1 amide bonds. The first-order chi connectivity index (χ1) is 8.83. The summed E-state index contributed by atoms with van der Waals surface area (Å²) in [6, 6.07) is 5.69. The molecule has 1 aromatic heterocycles. The summed E-state index contributed by atoms with van der Waals surface area (Å²) in [6.45, 7) is 1.31. The number of aromatic nitrogens is 2. The Balaban J connectivity index is 1.60. The molecule has 5 nitrogen and oxygen atoms in total. The molecule has 2 N–H and O–H groups in total. The molecular weight excluding hydrogens is 295 g/mol. The first-order valence-corrected chi connectivity index (χ1v) is 7.58. The van der Waals surface area contributed by atoms with Gasteiger partial charge < -0.3 is 0 Å². The minimum absolute atomic E-state index is 0.0151. The zero-order valence-corrected chi connectivity index (χ0v) is 11.6. The number of carbonyl (C=O) groups is 1. The number of carbonyl (C=O) groups excluding carboxylic acids is 1. The van der Waals surface area contributed by atoms with Gasteiger partial charge in [-0.3, -0.25) is 0 Å². The van der Waals surface area contributed by atoms with E-state index in [2.05, 4.69) is 18.6 Å². The Bertz CT molecular complexity index is 564. The second-order valence-electron chi connectivity index (χ2n) is 4.56. The predicted octanol–water partition coefficient (Wildman–Crippen LogP) is 0.625. The normalized spacial score (nSPS) is 14.9. The van der Waals surface area contributed by atoms with Crippen LogP contribution in [0.2, 0.25) is 0 Å². The van der Waals surface area contributed by atoms with Gasteiger partial charge in [-0.25, -0.2) is 0 Å². The Labute approximate surface area is 111 Å². The van der Waals surface area contributed by atoms with Gasteiger partial charge in [-0.1, -0.05) is 0 Å². The SMILES string of the molecule is O=C(CNCC1CC1)Nc1cccc2n[se]nc12. The number of hydrogen-bond acceptors (Lipinski definition) is 4. The topological polar surface area (TPSA) is 66.9 Å². The van der Waals surface area contributed by atoms with Crippen LogP contribution >= 0.6 is 0 Å². The van der Waals surface area contributed by atoms with Crippen molar-refractivity contribution in [3.63, 3.8) is 0 Å². The van der Waals surface area contributed by atoms with Crippen molar-refractivity contribution >= 4 is 37.6 Å². The van der Waals surface area contributed by atoms with E-state index in [0.717, 1.165) is 29.2 Å². The molecular formula is C12H14N4OSe. The summed E-state index contributed by atoms with van der Waals surface area (Å²) in [7, 11) is 0. The summed E-state index contributed by atoms with van der Waals surface area (Å²) in [4.78, 5) is 11.8. The molecule has 0 spiro atoms. The maximum atomic E-state index is 11.8. The van der Waals surface area contributed by atoms with Gasteiger partial charge in [0.1, 0.15) is 0 Å². The monoisotopic (exact) mass is 310 g/mol. The molecule has 2 aromatic rings. The van der Waals surface area contributed by atoms with Crippen LogP contribution in [-0.4, -0.2) is 41.9 Å². The van der Waals surface area contributed by atoms with Crippen molar-refractivity contribution in [1.29, 1.82) is 0 Å². The summed E-state index contributed by atoms with van der Waals surface area (Å²) >= 11 is -0.0621. The number of benzene rings is 1.